The van der Waals surface area contributed by atoms with E-state index in [9.17, 15) is 9.18 Å². The monoisotopic (exact) mass is 278 g/mol. The van der Waals surface area contributed by atoms with E-state index in [-0.39, 0.29) is 12.3 Å². The van der Waals surface area contributed by atoms with Crippen LogP contribution in [0.5, 0.6) is 0 Å². The van der Waals surface area contributed by atoms with Gasteiger partial charge in [0.25, 0.3) is 0 Å². The predicted molar refractivity (Wildman–Crippen MR) is 74.6 cm³/mol. The topological polar surface area (TPSA) is 55.1 Å². The second-order valence-corrected chi connectivity index (χ2v) is 4.48. The Bertz CT molecular complexity index is 616. The lowest BCUT2D eigenvalue weighted by atomic mass is 10.1. The van der Waals surface area contributed by atoms with Crippen LogP contribution in [0.15, 0.2) is 42.5 Å². The summed E-state index contributed by atoms with van der Waals surface area (Å²) < 4.78 is 13.4. The van der Waals surface area contributed by atoms with Gasteiger partial charge in [0, 0.05) is 5.02 Å². The third kappa shape index (κ3) is 3.45. The zero-order valence-electron chi connectivity index (χ0n) is 9.99. The van der Waals surface area contributed by atoms with Gasteiger partial charge in [0.1, 0.15) is 5.82 Å². The Morgan fingerprint density at radius 2 is 2.00 bits per heavy atom. The number of amides is 1. The molecule has 5 heteroatoms. The van der Waals surface area contributed by atoms with Crippen LogP contribution in [0.25, 0.3) is 0 Å². The van der Waals surface area contributed by atoms with Crippen LogP contribution in [0.3, 0.4) is 0 Å². The molecule has 19 heavy (non-hydrogen) atoms. The predicted octanol–water partition coefficient (Wildman–Crippen LogP) is 3.24. The van der Waals surface area contributed by atoms with E-state index in [0.717, 1.165) is 0 Å². The fourth-order valence-electron chi connectivity index (χ4n) is 1.66. The van der Waals surface area contributed by atoms with E-state index >= 15 is 0 Å². The minimum atomic E-state index is -0.401. The standard InChI is InChI=1S/C14H12ClFN2O/c15-10-5-6-13(12(17)8-10)18-14(19)7-9-3-1-2-4-11(9)16/h1-6,8H,7,17H2,(H,18,19). The lowest BCUT2D eigenvalue weighted by molar-refractivity contribution is -0.115. The highest BCUT2D eigenvalue weighted by molar-refractivity contribution is 6.31. The van der Waals surface area contributed by atoms with Crippen LogP contribution in [0, 0.1) is 5.82 Å². The van der Waals surface area contributed by atoms with E-state index in [1.54, 1.807) is 36.4 Å². The molecule has 0 aliphatic carbocycles. The van der Waals surface area contributed by atoms with Crippen LogP contribution in [0.4, 0.5) is 15.8 Å². The Hall–Kier alpha value is -2.07. The van der Waals surface area contributed by atoms with Crippen molar-refractivity contribution in [2.24, 2.45) is 0 Å². The Labute approximate surface area is 115 Å². The molecule has 1 amide bonds. The van der Waals surface area contributed by atoms with Gasteiger partial charge in [0.05, 0.1) is 17.8 Å². The van der Waals surface area contributed by atoms with Gasteiger partial charge in [0.15, 0.2) is 0 Å². The van der Waals surface area contributed by atoms with Crippen LogP contribution >= 0.6 is 11.6 Å². The van der Waals surface area contributed by atoms with Crippen LogP contribution in [0.1, 0.15) is 5.56 Å². The molecule has 0 spiro atoms. The average molecular weight is 279 g/mol. The largest absolute Gasteiger partial charge is 0.397 e. The maximum Gasteiger partial charge on any atom is 0.228 e. The number of anilines is 2. The summed E-state index contributed by atoms with van der Waals surface area (Å²) in [4.78, 5) is 11.8. The number of hydrogen-bond donors (Lipinski definition) is 2. The van der Waals surface area contributed by atoms with Crippen LogP contribution in [-0.4, -0.2) is 5.91 Å². The molecule has 0 fully saturated rings. The molecule has 0 saturated carbocycles. The van der Waals surface area contributed by atoms with Gasteiger partial charge in [-0.25, -0.2) is 4.39 Å². The first-order valence-corrected chi connectivity index (χ1v) is 6.02. The first-order chi connectivity index (χ1) is 9.06. The smallest absolute Gasteiger partial charge is 0.228 e. The zero-order valence-corrected chi connectivity index (χ0v) is 10.7. The van der Waals surface area contributed by atoms with Crippen LogP contribution in [0.2, 0.25) is 5.02 Å². The summed E-state index contributed by atoms with van der Waals surface area (Å²) >= 11 is 5.76. The van der Waals surface area contributed by atoms with Gasteiger partial charge in [-0.05, 0) is 29.8 Å². The van der Waals surface area contributed by atoms with E-state index in [4.69, 9.17) is 17.3 Å². The average Bonchev–Trinajstić information content (AvgIpc) is 2.36. The zero-order chi connectivity index (χ0) is 13.8. The molecule has 2 aromatic carbocycles. The van der Waals surface area contributed by atoms with Gasteiger partial charge in [-0.2, -0.15) is 0 Å². The van der Waals surface area contributed by atoms with Crippen molar-refractivity contribution in [2.75, 3.05) is 11.1 Å². The lowest BCUT2D eigenvalue weighted by Crippen LogP contribution is -2.16. The fraction of sp³-hybridized carbons (Fsp3) is 0.0714. The molecule has 98 valence electrons. The number of carbonyl (C=O) groups is 1. The summed E-state index contributed by atoms with van der Waals surface area (Å²) in [5, 5.41) is 3.11. The maximum atomic E-state index is 13.4. The second-order valence-electron chi connectivity index (χ2n) is 4.05. The molecule has 0 unspecified atom stereocenters. The van der Waals surface area contributed by atoms with Crippen molar-refractivity contribution in [1.82, 2.24) is 0 Å². The van der Waals surface area contributed by atoms with Gasteiger partial charge >= 0.3 is 0 Å². The highest BCUT2D eigenvalue weighted by Crippen LogP contribution is 2.22. The Morgan fingerprint density at radius 1 is 1.26 bits per heavy atom. The van der Waals surface area contributed by atoms with Crippen LogP contribution in [-0.2, 0) is 11.2 Å². The van der Waals surface area contributed by atoms with Crippen molar-refractivity contribution < 1.29 is 9.18 Å². The summed E-state index contributed by atoms with van der Waals surface area (Å²) in [7, 11) is 0. The molecule has 0 bridgehead atoms. The van der Waals surface area contributed by atoms with E-state index < -0.39 is 5.82 Å². The maximum absolute atomic E-state index is 13.4. The summed E-state index contributed by atoms with van der Waals surface area (Å²) in [6.45, 7) is 0. The van der Waals surface area contributed by atoms with Crippen molar-refractivity contribution in [3.05, 3.63) is 58.9 Å². The Kier molecular flexibility index (Phi) is 4.02. The Balaban J connectivity index is 2.08. The second kappa shape index (κ2) is 5.71. The number of nitrogens with two attached hydrogens (primary N) is 1. The molecule has 0 aliphatic rings. The molecule has 0 aromatic heterocycles. The van der Waals surface area contributed by atoms with Gasteiger partial charge in [-0.1, -0.05) is 29.8 Å². The highest BCUT2D eigenvalue weighted by Gasteiger charge is 2.09. The minimum absolute atomic E-state index is 0.0469. The van der Waals surface area contributed by atoms with Gasteiger partial charge in [-0.3, -0.25) is 4.79 Å². The number of rotatable bonds is 3. The number of halogens is 2. The Morgan fingerprint density at radius 3 is 2.68 bits per heavy atom. The molecule has 0 heterocycles. The third-order valence-corrected chi connectivity index (χ3v) is 2.83. The number of hydrogen-bond acceptors (Lipinski definition) is 2. The number of nitrogen functional groups attached to an aromatic ring is 1. The van der Waals surface area contributed by atoms with E-state index in [2.05, 4.69) is 5.32 Å². The van der Waals surface area contributed by atoms with Crippen molar-refractivity contribution in [1.29, 1.82) is 0 Å². The molecular formula is C14H12ClFN2O. The normalized spacial score (nSPS) is 10.2. The SMILES string of the molecule is Nc1cc(Cl)ccc1NC(=O)Cc1ccccc1F. The molecule has 0 atom stereocenters. The van der Waals surface area contributed by atoms with E-state index in [1.807, 2.05) is 0 Å². The number of benzene rings is 2. The summed E-state index contributed by atoms with van der Waals surface area (Å²) in [5.41, 5.74) is 6.89. The third-order valence-electron chi connectivity index (χ3n) is 2.60. The molecular weight excluding hydrogens is 267 g/mol. The van der Waals surface area contributed by atoms with Crippen molar-refractivity contribution in [3.8, 4) is 0 Å². The van der Waals surface area contributed by atoms with Crippen molar-refractivity contribution >= 4 is 28.9 Å². The van der Waals surface area contributed by atoms with Gasteiger partial charge < -0.3 is 11.1 Å². The van der Waals surface area contributed by atoms with Crippen molar-refractivity contribution in [3.63, 3.8) is 0 Å². The van der Waals surface area contributed by atoms with Gasteiger partial charge in [0.2, 0.25) is 5.91 Å². The molecule has 0 aliphatic heterocycles. The molecule has 0 radical (unpaired) electrons. The molecule has 2 rings (SSSR count). The first kappa shape index (κ1) is 13.4. The van der Waals surface area contributed by atoms with Crippen LogP contribution < -0.4 is 11.1 Å². The van der Waals surface area contributed by atoms with E-state index in [0.29, 0.717) is 22.0 Å². The number of nitrogens with one attached hydrogen (secondary N) is 1. The molecule has 2 aromatic rings. The van der Waals surface area contributed by atoms with Crippen molar-refractivity contribution in [2.45, 2.75) is 6.42 Å². The summed E-state index contributed by atoms with van der Waals surface area (Å²) in [6, 6.07) is 10.9. The highest BCUT2D eigenvalue weighted by atomic mass is 35.5. The van der Waals surface area contributed by atoms with E-state index in [1.165, 1.54) is 6.07 Å². The first-order valence-electron chi connectivity index (χ1n) is 5.64. The summed E-state index contributed by atoms with van der Waals surface area (Å²) in [5.74, 6) is -0.735. The quantitative estimate of drug-likeness (QED) is 0.847. The number of carbonyl (C=O) groups excluding carboxylic acids is 1. The minimum Gasteiger partial charge on any atom is -0.397 e. The summed E-state index contributed by atoms with van der Waals surface area (Å²) in [6.07, 6.45) is -0.0469. The lowest BCUT2D eigenvalue weighted by Gasteiger charge is -2.08. The molecule has 3 N–H and O–H groups in total. The molecule has 3 nitrogen and oxygen atoms in total. The molecule has 0 saturated heterocycles. The van der Waals surface area contributed by atoms with Gasteiger partial charge in [-0.15, -0.1) is 0 Å². The fourth-order valence-corrected chi connectivity index (χ4v) is 1.84.